The van der Waals surface area contributed by atoms with Crippen molar-refractivity contribution in [2.24, 2.45) is 23.0 Å². The molecule has 0 heterocycles. The molecule has 0 unspecified atom stereocenters. The van der Waals surface area contributed by atoms with Crippen molar-refractivity contribution >= 4 is 23.2 Å². The van der Waals surface area contributed by atoms with Crippen molar-refractivity contribution in [1.29, 1.82) is 0 Å². The van der Waals surface area contributed by atoms with E-state index in [9.17, 15) is 29.7 Å². The van der Waals surface area contributed by atoms with E-state index in [1.807, 2.05) is 26.0 Å². The quantitative estimate of drug-likeness (QED) is 0.328. The molecule has 3 aliphatic rings. The van der Waals surface area contributed by atoms with Crippen LogP contribution in [0.2, 0.25) is 0 Å². The zero-order chi connectivity index (χ0) is 32.3. The number of hydrogen-bond donors (Lipinski definition) is 4. The average Bonchev–Trinajstić information content (AvgIpc) is 2.86. The number of carbonyl (C=O) groups excluding carboxylic acids is 3. The van der Waals surface area contributed by atoms with Crippen LogP contribution in [0.5, 0.6) is 5.75 Å². The molecule has 1 aromatic rings. The number of amides is 1. The summed E-state index contributed by atoms with van der Waals surface area (Å²) in [7, 11) is 10.4. The van der Waals surface area contributed by atoms with Crippen LogP contribution in [-0.2, 0) is 27.3 Å². The Bertz CT molecular complexity index is 1420. The topological polar surface area (TPSA) is 157 Å². The highest BCUT2D eigenvalue weighted by molar-refractivity contribution is 6.25. The molecule has 0 spiro atoms. The smallest absolute Gasteiger partial charge is 0.255 e. The van der Waals surface area contributed by atoms with Gasteiger partial charge in [0.1, 0.15) is 22.8 Å². The van der Waals surface area contributed by atoms with Crippen LogP contribution in [-0.4, -0.2) is 103 Å². The number of ether oxygens (including phenoxy) is 1. The summed E-state index contributed by atoms with van der Waals surface area (Å²) >= 11 is 0. The van der Waals surface area contributed by atoms with Crippen molar-refractivity contribution < 1.29 is 34.4 Å². The van der Waals surface area contributed by atoms with E-state index < -0.39 is 58.0 Å². The van der Waals surface area contributed by atoms with E-state index in [4.69, 9.17) is 10.5 Å². The third kappa shape index (κ3) is 5.21. The number of fused-ring (bicyclic) bond motifs is 3. The number of nitrogens with two attached hydrogens (primary N) is 1. The van der Waals surface area contributed by atoms with E-state index in [0.717, 1.165) is 24.2 Å². The first-order valence-corrected chi connectivity index (χ1v) is 14.6. The number of rotatable bonds is 8. The number of anilines is 1. The van der Waals surface area contributed by atoms with E-state index in [1.54, 1.807) is 25.1 Å². The maximum atomic E-state index is 14.2. The lowest BCUT2D eigenvalue weighted by Crippen LogP contribution is -2.64. The van der Waals surface area contributed by atoms with Crippen LogP contribution < -0.4 is 10.6 Å². The molecule has 5 N–H and O–H groups in total. The molecule has 0 bridgehead atoms. The first kappa shape index (κ1) is 32.5. The van der Waals surface area contributed by atoms with Crippen molar-refractivity contribution in [3.8, 4) is 5.75 Å². The minimum absolute atomic E-state index is 0.0308. The third-order valence-corrected chi connectivity index (χ3v) is 9.19. The molecule has 43 heavy (non-hydrogen) atoms. The Balaban J connectivity index is 1.89. The second-order valence-electron chi connectivity index (χ2n) is 13.8. The van der Waals surface area contributed by atoms with E-state index in [0.29, 0.717) is 18.5 Å². The SMILES string of the molecule is CO[C@@]12C(=O)C(C(N)=O)=C(O)[C@@H](N(C)C)[C@@H]1C[C@@H]1Cc3c(c(O)cc(CN(C)CCC(C)(C)C)c3N(C)C)C(=O)C1=C2O. The predicted octanol–water partition coefficient (Wildman–Crippen LogP) is 2.71. The molecule has 236 valence electrons. The van der Waals surface area contributed by atoms with Gasteiger partial charge in [0, 0.05) is 44.9 Å². The van der Waals surface area contributed by atoms with Crippen LogP contribution in [0.15, 0.2) is 28.7 Å². The number of phenolic OH excluding ortho intramolecular Hbond substituents is 1. The van der Waals surface area contributed by atoms with Crippen molar-refractivity contribution in [2.75, 3.05) is 53.8 Å². The van der Waals surface area contributed by atoms with Crippen LogP contribution in [0, 0.1) is 17.3 Å². The van der Waals surface area contributed by atoms with Gasteiger partial charge in [-0.25, -0.2) is 0 Å². The lowest BCUT2D eigenvalue weighted by atomic mass is 9.58. The van der Waals surface area contributed by atoms with Crippen molar-refractivity contribution in [1.82, 2.24) is 9.80 Å². The zero-order valence-electron chi connectivity index (χ0n) is 26.7. The van der Waals surface area contributed by atoms with Gasteiger partial charge in [0.15, 0.2) is 11.4 Å². The Morgan fingerprint density at radius 3 is 2.26 bits per heavy atom. The van der Waals surface area contributed by atoms with Gasteiger partial charge in [-0.3, -0.25) is 19.3 Å². The molecule has 1 aromatic carbocycles. The molecular formula is C32H46N4O7. The number of hydrogen-bond acceptors (Lipinski definition) is 10. The molecule has 11 heteroatoms. The van der Waals surface area contributed by atoms with E-state index in [1.165, 1.54) is 7.11 Å². The Hall–Kier alpha value is -3.41. The lowest BCUT2D eigenvalue weighted by Gasteiger charge is -2.51. The van der Waals surface area contributed by atoms with Gasteiger partial charge in [-0.05, 0) is 75.5 Å². The normalized spacial score (nSPS) is 25.7. The van der Waals surface area contributed by atoms with Crippen LogP contribution >= 0.6 is 0 Å². The molecule has 0 saturated carbocycles. The molecule has 0 radical (unpaired) electrons. The monoisotopic (exact) mass is 598 g/mol. The zero-order valence-corrected chi connectivity index (χ0v) is 26.7. The Labute approximate surface area is 253 Å². The van der Waals surface area contributed by atoms with Gasteiger partial charge in [-0.2, -0.15) is 0 Å². The number of Topliss-reactive ketones (excluding diaryl/α,β-unsaturated/α-hetero) is 2. The fraction of sp³-hybridized carbons (Fsp3) is 0.594. The minimum atomic E-state index is -2.11. The third-order valence-electron chi connectivity index (χ3n) is 9.19. The Morgan fingerprint density at radius 1 is 1.12 bits per heavy atom. The summed E-state index contributed by atoms with van der Waals surface area (Å²) in [6.07, 6.45) is 1.48. The number of aliphatic hydroxyl groups is 2. The molecule has 4 atom stereocenters. The van der Waals surface area contributed by atoms with Crippen LogP contribution in [0.1, 0.15) is 55.1 Å². The minimum Gasteiger partial charge on any atom is -0.510 e. The summed E-state index contributed by atoms with van der Waals surface area (Å²) in [5.74, 6) is -5.41. The second kappa shape index (κ2) is 11.3. The fourth-order valence-corrected chi connectivity index (χ4v) is 7.27. The summed E-state index contributed by atoms with van der Waals surface area (Å²) in [5, 5.41) is 34.2. The van der Waals surface area contributed by atoms with Crippen molar-refractivity contribution in [2.45, 2.75) is 58.2 Å². The van der Waals surface area contributed by atoms with Crippen LogP contribution in [0.4, 0.5) is 5.69 Å². The van der Waals surface area contributed by atoms with E-state index in [2.05, 4.69) is 25.7 Å². The highest BCUT2D eigenvalue weighted by Gasteiger charge is 2.64. The van der Waals surface area contributed by atoms with Gasteiger partial charge in [0.2, 0.25) is 5.78 Å². The molecule has 11 nitrogen and oxygen atoms in total. The van der Waals surface area contributed by atoms with E-state index in [-0.39, 0.29) is 28.7 Å². The summed E-state index contributed by atoms with van der Waals surface area (Å²) in [6, 6.07) is 0.708. The molecule has 0 fully saturated rings. The van der Waals surface area contributed by atoms with Gasteiger partial charge >= 0.3 is 0 Å². The number of benzene rings is 1. The fourth-order valence-electron chi connectivity index (χ4n) is 7.27. The summed E-state index contributed by atoms with van der Waals surface area (Å²) in [6.45, 7) is 7.98. The number of carbonyl (C=O) groups is 3. The highest BCUT2D eigenvalue weighted by Crippen LogP contribution is 2.54. The first-order chi connectivity index (χ1) is 19.9. The predicted molar refractivity (Wildman–Crippen MR) is 163 cm³/mol. The van der Waals surface area contributed by atoms with Gasteiger partial charge in [-0.15, -0.1) is 0 Å². The molecule has 0 aliphatic heterocycles. The second-order valence-corrected chi connectivity index (χ2v) is 13.8. The summed E-state index contributed by atoms with van der Waals surface area (Å²) in [5.41, 5.74) is 5.31. The molecule has 3 aliphatic carbocycles. The standard InChI is InChI=1S/C32H46N4O7/c1-31(2,3)10-11-36(8)15-17-14-20(37)22-18(24(17)34(4)5)12-16-13-19-25(35(6)7)27(39)23(30(33)42)29(41)32(19,43-9)28(40)21(16)26(22)38/h14,16,19,25,37,39-40H,10-13,15H2,1-9H3,(H2,33,42)/t16-,19-,25-,32-/m0/s1. The van der Waals surface area contributed by atoms with Crippen molar-refractivity contribution in [3.63, 3.8) is 0 Å². The molecule has 0 aromatic heterocycles. The summed E-state index contributed by atoms with van der Waals surface area (Å²) in [4.78, 5) is 46.1. The number of allylic oxidation sites excluding steroid dienone is 1. The van der Waals surface area contributed by atoms with Gasteiger partial charge in [0.25, 0.3) is 5.91 Å². The number of aliphatic hydroxyl groups excluding tert-OH is 2. The number of primary amides is 1. The van der Waals surface area contributed by atoms with Crippen LogP contribution in [0.3, 0.4) is 0 Å². The highest BCUT2D eigenvalue weighted by atomic mass is 16.5. The van der Waals surface area contributed by atoms with Gasteiger partial charge < -0.3 is 35.6 Å². The molecule has 4 rings (SSSR count). The lowest BCUT2D eigenvalue weighted by molar-refractivity contribution is -0.154. The number of aromatic hydroxyl groups is 1. The van der Waals surface area contributed by atoms with E-state index >= 15 is 0 Å². The first-order valence-electron chi connectivity index (χ1n) is 14.6. The average molecular weight is 599 g/mol. The van der Waals surface area contributed by atoms with Gasteiger partial charge in [-0.1, -0.05) is 20.8 Å². The maximum absolute atomic E-state index is 14.2. The Morgan fingerprint density at radius 2 is 1.74 bits per heavy atom. The molecular weight excluding hydrogens is 552 g/mol. The maximum Gasteiger partial charge on any atom is 0.255 e. The van der Waals surface area contributed by atoms with Gasteiger partial charge in [0.05, 0.1) is 11.6 Å². The van der Waals surface area contributed by atoms with Crippen molar-refractivity contribution in [3.05, 3.63) is 45.4 Å². The molecule has 0 saturated heterocycles. The summed E-state index contributed by atoms with van der Waals surface area (Å²) < 4.78 is 5.74. The number of nitrogens with zero attached hydrogens (tertiary/aromatic N) is 3. The Kier molecular flexibility index (Phi) is 8.51. The number of ketones is 2. The number of phenols is 1. The molecule has 1 amide bonds. The number of likely N-dealkylation sites (N-methyl/N-ethyl adjacent to an activating group) is 1. The number of methoxy groups -OCH3 is 1. The van der Waals surface area contributed by atoms with Crippen LogP contribution in [0.25, 0.3) is 0 Å². The largest absolute Gasteiger partial charge is 0.510 e.